The van der Waals surface area contributed by atoms with E-state index in [0.29, 0.717) is 0 Å². The highest BCUT2D eigenvalue weighted by atomic mass is 16.5. The van der Waals surface area contributed by atoms with E-state index in [0.717, 1.165) is 18.3 Å². The number of methoxy groups -OCH3 is 1. The molecule has 0 radical (unpaired) electrons. The molecule has 17 heavy (non-hydrogen) atoms. The molecule has 0 atom stereocenters. The molecule has 1 aliphatic carbocycles. The van der Waals surface area contributed by atoms with Gasteiger partial charge in [0.25, 0.3) is 0 Å². The van der Waals surface area contributed by atoms with Gasteiger partial charge in [0.1, 0.15) is 5.75 Å². The maximum Gasteiger partial charge on any atom is 0.118 e. The van der Waals surface area contributed by atoms with Gasteiger partial charge >= 0.3 is 0 Å². The molecular formula is C15H23NO. The Labute approximate surface area is 104 Å². The predicted molar refractivity (Wildman–Crippen MR) is 71.7 cm³/mol. The monoisotopic (exact) mass is 233 g/mol. The fraction of sp³-hybridized carbons (Fsp3) is 0.600. The summed E-state index contributed by atoms with van der Waals surface area (Å²) in [6, 6.07) is 9.25. The van der Waals surface area contributed by atoms with E-state index in [1.807, 2.05) is 12.1 Å². The molecule has 1 aliphatic rings. The highest BCUT2D eigenvalue weighted by Crippen LogP contribution is 2.28. The highest BCUT2D eigenvalue weighted by Gasteiger charge is 2.23. The van der Waals surface area contributed by atoms with E-state index in [2.05, 4.69) is 31.3 Å². The van der Waals surface area contributed by atoms with Crippen LogP contribution in [0.15, 0.2) is 24.3 Å². The van der Waals surface area contributed by atoms with Crippen LogP contribution in [0.5, 0.6) is 5.75 Å². The molecule has 0 amide bonds. The zero-order valence-corrected chi connectivity index (χ0v) is 11.1. The SMILES string of the molecule is COc1ccc(C(C)(C)CCNC2CC2)cc1. The quantitative estimate of drug-likeness (QED) is 0.815. The minimum Gasteiger partial charge on any atom is -0.497 e. The van der Waals surface area contributed by atoms with Crippen LogP contribution in [0.2, 0.25) is 0 Å². The minimum absolute atomic E-state index is 0.230. The average Bonchev–Trinajstić information content (AvgIpc) is 3.13. The summed E-state index contributed by atoms with van der Waals surface area (Å²) in [5.74, 6) is 0.931. The van der Waals surface area contributed by atoms with Gasteiger partial charge in [-0.1, -0.05) is 26.0 Å². The van der Waals surface area contributed by atoms with Crippen LogP contribution in [-0.4, -0.2) is 19.7 Å². The van der Waals surface area contributed by atoms with E-state index < -0.39 is 0 Å². The largest absolute Gasteiger partial charge is 0.497 e. The fourth-order valence-corrected chi connectivity index (χ4v) is 2.06. The molecule has 0 saturated heterocycles. The molecule has 1 aromatic rings. The molecule has 0 unspecified atom stereocenters. The van der Waals surface area contributed by atoms with Crippen molar-refractivity contribution in [3.8, 4) is 5.75 Å². The molecule has 0 bridgehead atoms. The standard InChI is InChI=1S/C15H23NO/c1-15(2,10-11-16-13-6-7-13)12-4-8-14(17-3)9-5-12/h4-5,8-9,13,16H,6-7,10-11H2,1-3H3. The summed E-state index contributed by atoms with van der Waals surface area (Å²) in [5.41, 5.74) is 1.62. The van der Waals surface area contributed by atoms with Crippen molar-refractivity contribution >= 4 is 0 Å². The van der Waals surface area contributed by atoms with Crippen molar-refractivity contribution in [1.29, 1.82) is 0 Å². The van der Waals surface area contributed by atoms with Crippen molar-refractivity contribution in [3.05, 3.63) is 29.8 Å². The van der Waals surface area contributed by atoms with Gasteiger partial charge in [0, 0.05) is 6.04 Å². The first-order valence-electron chi connectivity index (χ1n) is 6.50. The molecule has 1 saturated carbocycles. The van der Waals surface area contributed by atoms with Crippen LogP contribution in [0, 0.1) is 0 Å². The van der Waals surface area contributed by atoms with E-state index in [9.17, 15) is 0 Å². The summed E-state index contributed by atoms with van der Waals surface area (Å²) in [6.45, 7) is 5.73. The highest BCUT2D eigenvalue weighted by molar-refractivity contribution is 5.31. The number of rotatable bonds is 6. The maximum atomic E-state index is 5.19. The summed E-state index contributed by atoms with van der Waals surface area (Å²) >= 11 is 0. The molecule has 1 aromatic carbocycles. The first-order valence-corrected chi connectivity index (χ1v) is 6.50. The zero-order chi connectivity index (χ0) is 12.3. The summed E-state index contributed by atoms with van der Waals surface area (Å²) < 4.78 is 5.19. The Bertz CT molecular complexity index is 352. The molecule has 2 heteroatoms. The second kappa shape index (κ2) is 5.09. The van der Waals surface area contributed by atoms with Crippen LogP contribution in [0.25, 0.3) is 0 Å². The molecule has 94 valence electrons. The van der Waals surface area contributed by atoms with Crippen molar-refractivity contribution in [2.45, 2.75) is 44.6 Å². The normalized spacial score (nSPS) is 15.9. The predicted octanol–water partition coefficient (Wildman–Crippen LogP) is 3.11. The van der Waals surface area contributed by atoms with Crippen LogP contribution in [0.1, 0.15) is 38.7 Å². The van der Waals surface area contributed by atoms with Crippen LogP contribution in [0.4, 0.5) is 0 Å². The zero-order valence-electron chi connectivity index (χ0n) is 11.1. The second-order valence-electron chi connectivity index (χ2n) is 5.59. The Hall–Kier alpha value is -1.02. The minimum atomic E-state index is 0.230. The van der Waals surface area contributed by atoms with Gasteiger partial charge in [0.05, 0.1) is 7.11 Å². The van der Waals surface area contributed by atoms with Gasteiger partial charge in [-0.05, 0) is 48.9 Å². The van der Waals surface area contributed by atoms with Gasteiger partial charge in [-0.15, -0.1) is 0 Å². The Morgan fingerprint density at radius 2 is 1.88 bits per heavy atom. The topological polar surface area (TPSA) is 21.3 Å². The fourth-order valence-electron chi connectivity index (χ4n) is 2.06. The first-order chi connectivity index (χ1) is 8.12. The van der Waals surface area contributed by atoms with E-state index >= 15 is 0 Å². The molecule has 0 aromatic heterocycles. The molecule has 1 N–H and O–H groups in total. The lowest BCUT2D eigenvalue weighted by atomic mass is 9.81. The average molecular weight is 233 g/mol. The number of nitrogens with one attached hydrogen (secondary N) is 1. The summed E-state index contributed by atoms with van der Waals surface area (Å²) in [5, 5.41) is 3.58. The van der Waals surface area contributed by atoms with Crippen molar-refractivity contribution in [3.63, 3.8) is 0 Å². The number of ether oxygens (including phenoxy) is 1. The van der Waals surface area contributed by atoms with Crippen LogP contribution in [0.3, 0.4) is 0 Å². The van der Waals surface area contributed by atoms with Gasteiger partial charge in [0.2, 0.25) is 0 Å². The van der Waals surface area contributed by atoms with E-state index in [-0.39, 0.29) is 5.41 Å². The summed E-state index contributed by atoms with van der Waals surface area (Å²) in [7, 11) is 1.71. The molecule has 1 fully saturated rings. The third-order valence-corrected chi connectivity index (χ3v) is 3.63. The summed E-state index contributed by atoms with van der Waals surface area (Å²) in [6.07, 6.45) is 3.90. The van der Waals surface area contributed by atoms with E-state index in [1.165, 1.54) is 24.8 Å². The molecular weight excluding hydrogens is 210 g/mol. The van der Waals surface area contributed by atoms with Gasteiger partial charge in [-0.25, -0.2) is 0 Å². The van der Waals surface area contributed by atoms with E-state index in [1.54, 1.807) is 7.11 Å². The van der Waals surface area contributed by atoms with Crippen molar-refractivity contribution in [1.82, 2.24) is 5.32 Å². The lowest BCUT2D eigenvalue weighted by molar-refractivity contribution is 0.413. The maximum absolute atomic E-state index is 5.19. The second-order valence-corrected chi connectivity index (χ2v) is 5.59. The Balaban J connectivity index is 1.91. The van der Waals surface area contributed by atoms with Crippen molar-refractivity contribution < 1.29 is 4.74 Å². The summed E-state index contributed by atoms with van der Waals surface area (Å²) in [4.78, 5) is 0. The molecule has 0 aliphatic heterocycles. The molecule has 0 spiro atoms. The number of benzene rings is 1. The van der Waals surface area contributed by atoms with Gasteiger partial charge < -0.3 is 10.1 Å². The van der Waals surface area contributed by atoms with Crippen molar-refractivity contribution in [2.24, 2.45) is 0 Å². The molecule has 2 nitrogen and oxygen atoms in total. The van der Waals surface area contributed by atoms with Gasteiger partial charge in [-0.3, -0.25) is 0 Å². The van der Waals surface area contributed by atoms with Crippen molar-refractivity contribution in [2.75, 3.05) is 13.7 Å². The Morgan fingerprint density at radius 3 is 2.41 bits per heavy atom. The van der Waals surface area contributed by atoms with Crippen LogP contribution >= 0.6 is 0 Å². The van der Waals surface area contributed by atoms with Crippen LogP contribution < -0.4 is 10.1 Å². The molecule has 0 heterocycles. The van der Waals surface area contributed by atoms with E-state index in [4.69, 9.17) is 4.74 Å². The van der Waals surface area contributed by atoms with Gasteiger partial charge in [-0.2, -0.15) is 0 Å². The smallest absolute Gasteiger partial charge is 0.118 e. The lowest BCUT2D eigenvalue weighted by Crippen LogP contribution is -2.26. The van der Waals surface area contributed by atoms with Gasteiger partial charge in [0.15, 0.2) is 0 Å². The number of hydrogen-bond acceptors (Lipinski definition) is 2. The lowest BCUT2D eigenvalue weighted by Gasteiger charge is -2.25. The molecule has 2 rings (SSSR count). The Morgan fingerprint density at radius 1 is 1.24 bits per heavy atom. The third kappa shape index (κ3) is 3.47. The van der Waals surface area contributed by atoms with Crippen LogP contribution in [-0.2, 0) is 5.41 Å². The Kier molecular flexibility index (Phi) is 3.72. The third-order valence-electron chi connectivity index (χ3n) is 3.63. The number of hydrogen-bond donors (Lipinski definition) is 1. The first kappa shape index (κ1) is 12.4.